The van der Waals surface area contributed by atoms with Crippen LogP contribution >= 0.6 is 11.3 Å². The number of benzene rings is 1. The molecule has 0 unspecified atom stereocenters. The van der Waals surface area contributed by atoms with Crippen molar-refractivity contribution in [1.82, 2.24) is 15.8 Å². The van der Waals surface area contributed by atoms with E-state index in [4.69, 9.17) is 4.42 Å². The first kappa shape index (κ1) is 15.9. The Labute approximate surface area is 142 Å². The fourth-order valence-corrected chi connectivity index (χ4v) is 3.07. The summed E-state index contributed by atoms with van der Waals surface area (Å²) in [5.41, 5.74) is 6.27. The number of nitrogens with zero attached hydrogens (tertiary/aromatic N) is 1. The van der Waals surface area contributed by atoms with Gasteiger partial charge in [0.2, 0.25) is 0 Å². The third kappa shape index (κ3) is 3.36. The molecular weight excluding hydrogens is 326 g/mol. The van der Waals surface area contributed by atoms with Gasteiger partial charge < -0.3 is 4.42 Å². The minimum atomic E-state index is -0.512. The van der Waals surface area contributed by atoms with Crippen molar-refractivity contribution < 1.29 is 14.0 Å². The van der Waals surface area contributed by atoms with Crippen molar-refractivity contribution in [2.24, 2.45) is 0 Å². The third-order valence-corrected chi connectivity index (χ3v) is 4.48. The smallest absolute Gasteiger partial charge is 0.305 e. The Hall–Kier alpha value is -2.93. The maximum absolute atomic E-state index is 12.3. The Bertz CT molecular complexity index is 884. The van der Waals surface area contributed by atoms with Crippen molar-refractivity contribution in [2.75, 3.05) is 0 Å². The van der Waals surface area contributed by atoms with Crippen LogP contribution < -0.4 is 10.9 Å². The molecule has 24 heavy (non-hydrogen) atoms. The van der Waals surface area contributed by atoms with Gasteiger partial charge in [0, 0.05) is 5.56 Å². The molecule has 3 aromatic rings. The number of aryl methyl sites for hydroxylation is 2. The van der Waals surface area contributed by atoms with Gasteiger partial charge in [0.1, 0.15) is 15.6 Å². The number of hydrazine groups is 1. The quantitative estimate of drug-likeness (QED) is 0.717. The lowest BCUT2D eigenvalue weighted by Crippen LogP contribution is -2.41. The highest BCUT2D eigenvalue weighted by Gasteiger charge is 2.17. The highest BCUT2D eigenvalue weighted by Crippen LogP contribution is 2.27. The Kier molecular flexibility index (Phi) is 4.43. The summed E-state index contributed by atoms with van der Waals surface area (Å²) in [5.74, 6) is -0.165. The molecule has 0 saturated heterocycles. The summed E-state index contributed by atoms with van der Waals surface area (Å²) in [6.45, 7) is 3.50. The number of aromatic nitrogens is 1. The van der Waals surface area contributed by atoms with E-state index in [0.29, 0.717) is 16.3 Å². The molecule has 122 valence electrons. The van der Waals surface area contributed by atoms with Gasteiger partial charge >= 0.3 is 5.91 Å². The van der Waals surface area contributed by atoms with Crippen LogP contribution in [0.1, 0.15) is 31.7 Å². The van der Waals surface area contributed by atoms with E-state index in [0.717, 1.165) is 10.6 Å². The number of hydrogen-bond acceptors (Lipinski definition) is 5. The first-order valence-electron chi connectivity index (χ1n) is 7.24. The topological polar surface area (TPSA) is 84.2 Å². The minimum Gasteiger partial charge on any atom is -0.456 e. The standard InChI is InChI=1S/C17H15N3O3S/c1-10-8-9-13(23-10)15(21)19-20-16(22)14-11(2)18-17(24-14)12-6-4-3-5-7-12/h3-9H,1-2H3,(H,19,21)(H,20,22). The monoisotopic (exact) mass is 341 g/mol. The predicted molar refractivity (Wildman–Crippen MR) is 90.7 cm³/mol. The van der Waals surface area contributed by atoms with E-state index in [9.17, 15) is 9.59 Å². The molecule has 2 heterocycles. The van der Waals surface area contributed by atoms with E-state index in [1.807, 2.05) is 30.3 Å². The number of amides is 2. The van der Waals surface area contributed by atoms with E-state index < -0.39 is 11.8 Å². The molecule has 0 saturated carbocycles. The Balaban J connectivity index is 1.69. The van der Waals surface area contributed by atoms with E-state index in [1.165, 1.54) is 11.3 Å². The second kappa shape index (κ2) is 6.67. The highest BCUT2D eigenvalue weighted by molar-refractivity contribution is 7.17. The van der Waals surface area contributed by atoms with Crippen LogP contribution in [0.2, 0.25) is 0 Å². The second-order valence-corrected chi connectivity index (χ2v) is 6.12. The zero-order valence-corrected chi connectivity index (χ0v) is 13.9. The van der Waals surface area contributed by atoms with Gasteiger partial charge in [0.25, 0.3) is 5.91 Å². The maximum Gasteiger partial charge on any atom is 0.305 e. The molecule has 0 aliphatic rings. The average molecular weight is 341 g/mol. The summed E-state index contributed by atoms with van der Waals surface area (Å²) in [4.78, 5) is 29.0. The average Bonchev–Trinajstić information content (AvgIpc) is 3.19. The van der Waals surface area contributed by atoms with Crippen molar-refractivity contribution in [3.8, 4) is 10.6 Å². The van der Waals surface area contributed by atoms with E-state index in [1.54, 1.807) is 26.0 Å². The van der Waals surface area contributed by atoms with Crippen LogP contribution in [0.5, 0.6) is 0 Å². The molecule has 0 aliphatic heterocycles. The zero-order chi connectivity index (χ0) is 17.1. The molecule has 0 radical (unpaired) electrons. The lowest BCUT2D eigenvalue weighted by atomic mass is 10.2. The van der Waals surface area contributed by atoms with Crippen LogP contribution in [0.3, 0.4) is 0 Å². The highest BCUT2D eigenvalue weighted by atomic mass is 32.1. The molecule has 0 aliphatic carbocycles. The molecule has 0 bridgehead atoms. The lowest BCUT2D eigenvalue weighted by Gasteiger charge is -2.04. The number of furan rings is 1. The molecule has 2 aromatic heterocycles. The van der Waals surface area contributed by atoms with Crippen LogP contribution in [0.25, 0.3) is 10.6 Å². The van der Waals surface area contributed by atoms with Crippen molar-refractivity contribution in [1.29, 1.82) is 0 Å². The minimum absolute atomic E-state index is 0.138. The molecule has 0 fully saturated rings. The Morgan fingerprint density at radius 2 is 1.71 bits per heavy atom. The van der Waals surface area contributed by atoms with Crippen LogP contribution in [0.15, 0.2) is 46.9 Å². The number of thiazole rings is 1. The number of carbonyl (C=O) groups is 2. The van der Waals surface area contributed by atoms with Gasteiger partial charge in [-0.2, -0.15) is 0 Å². The van der Waals surface area contributed by atoms with Gasteiger partial charge in [0.05, 0.1) is 5.69 Å². The number of hydrogen-bond donors (Lipinski definition) is 2. The van der Waals surface area contributed by atoms with Gasteiger partial charge in [-0.15, -0.1) is 11.3 Å². The van der Waals surface area contributed by atoms with E-state index >= 15 is 0 Å². The zero-order valence-electron chi connectivity index (χ0n) is 13.1. The van der Waals surface area contributed by atoms with E-state index in [-0.39, 0.29) is 5.76 Å². The Morgan fingerprint density at radius 3 is 2.38 bits per heavy atom. The molecule has 2 N–H and O–H groups in total. The van der Waals surface area contributed by atoms with Gasteiger partial charge in [0.15, 0.2) is 5.76 Å². The largest absolute Gasteiger partial charge is 0.456 e. The summed E-state index contributed by atoms with van der Waals surface area (Å²) in [6.07, 6.45) is 0. The summed E-state index contributed by atoms with van der Waals surface area (Å²) in [7, 11) is 0. The number of rotatable bonds is 3. The van der Waals surface area contributed by atoms with Crippen molar-refractivity contribution >= 4 is 23.2 Å². The number of nitrogens with one attached hydrogen (secondary N) is 2. The molecule has 1 aromatic carbocycles. The van der Waals surface area contributed by atoms with Crippen molar-refractivity contribution in [3.05, 3.63) is 64.6 Å². The normalized spacial score (nSPS) is 10.4. The Morgan fingerprint density at radius 1 is 1.00 bits per heavy atom. The van der Waals surface area contributed by atoms with E-state index in [2.05, 4.69) is 15.8 Å². The molecule has 3 rings (SSSR count). The van der Waals surface area contributed by atoms with Crippen LogP contribution in [-0.4, -0.2) is 16.8 Å². The first-order chi connectivity index (χ1) is 11.5. The molecule has 2 amide bonds. The van der Waals surface area contributed by atoms with Crippen LogP contribution in [0.4, 0.5) is 0 Å². The molecular formula is C17H15N3O3S. The summed E-state index contributed by atoms with van der Waals surface area (Å²) >= 11 is 1.27. The van der Waals surface area contributed by atoms with Gasteiger partial charge in [-0.05, 0) is 26.0 Å². The van der Waals surface area contributed by atoms with Crippen molar-refractivity contribution in [3.63, 3.8) is 0 Å². The fourth-order valence-electron chi connectivity index (χ4n) is 2.10. The summed E-state index contributed by atoms with van der Waals surface area (Å²) in [6, 6.07) is 12.8. The van der Waals surface area contributed by atoms with Crippen LogP contribution in [0, 0.1) is 13.8 Å². The number of carbonyl (C=O) groups excluding carboxylic acids is 2. The molecule has 0 atom stereocenters. The maximum atomic E-state index is 12.3. The second-order valence-electron chi connectivity index (χ2n) is 5.12. The summed E-state index contributed by atoms with van der Waals surface area (Å²) in [5, 5.41) is 0.756. The summed E-state index contributed by atoms with van der Waals surface area (Å²) < 4.78 is 5.20. The van der Waals surface area contributed by atoms with Gasteiger partial charge in [-0.1, -0.05) is 30.3 Å². The predicted octanol–water partition coefficient (Wildman–Crippen LogP) is 3.09. The van der Waals surface area contributed by atoms with Gasteiger partial charge in [-0.25, -0.2) is 4.98 Å². The third-order valence-electron chi connectivity index (χ3n) is 3.28. The van der Waals surface area contributed by atoms with Gasteiger partial charge in [-0.3, -0.25) is 20.4 Å². The molecule has 0 spiro atoms. The molecule has 6 nitrogen and oxygen atoms in total. The molecule has 7 heteroatoms. The van der Waals surface area contributed by atoms with Crippen molar-refractivity contribution in [2.45, 2.75) is 13.8 Å². The SMILES string of the molecule is Cc1ccc(C(=O)NNC(=O)c2sc(-c3ccccc3)nc2C)o1. The lowest BCUT2D eigenvalue weighted by molar-refractivity contribution is 0.0831. The fraction of sp³-hybridized carbons (Fsp3) is 0.118. The first-order valence-corrected chi connectivity index (χ1v) is 8.06. The van der Waals surface area contributed by atoms with Crippen LogP contribution in [-0.2, 0) is 0 Å².